The highest BCUT2D eigenvalue weighted by Crippen LogP contribution is 2.41. The smallest absolute Gasteiger partial charge is 0.328 e. The van der Waals surface area contributed by atoms with Gasteiger partial charge in [-0.25, -0.2) is 4.79 Å². The molecule has 2 aliphatic carbocycles. The van der Waals surface area contributed by atoms with E-state index < -0.39 is 11.5 Å². The molecule has 2 heterocycles. The average molecular weight is 610 g/mol. The number of rotatable bonds is 10. The lowest BCUT2D eigenvalue weighted by Gasteiger charge is -2.40. The molecule has 234 valence electrons. The van der Waals surface area contributed by atoms with E-state index in [1.807, 2.05) is 31.2 Å². The van der Waals surface area contributed by atoms with Crippen molar-refractivity contribution in [1.29, 1.82) is 0 Å². The number of carboxylic acids is 1. The molecular weight excluding hydrogens is 570 g/mol. The number of ether oxygens (including phenoxy) is 1. The third-order valence-corrected chi connectivity index (χ3v) is 9.22. The van der Waals surface area contributed by atoms with Crippen molar-refractivity contribution in [3.05, 3.63) is 77.8 Å². The standard InChI is InChI=1S/C36H39N3O6/c1-3-45-31-21-27(13-10-24(31)12-15-32(40)41)37-35(43)36(17-7-18-36)38-34(42)25-11-14-30-29(20-25)23(2)33(26-16-19-44-22-26)39(30)28-8-5-4-6-9-28/h10-16,19-22,28H,3-9,17-18H2,1-2H3,(H,37,43)(H,38,42)(H,40,41)/b15-12+. The van der Waals surface area contributed by atoms with Crippen molar-refractivity contribution in [3.8, 4) is 17.0 Å². The molecule has 0 saturated heterocycles. The van der Waals surface area contributed by atoms with Gasteiger partial charge in [-0.15, -0.1) is 0 Å². The second-order valence-electron chi connectivity index (χ2n) is 12.1. The van der Waals surface area contributed by atoms with Crippen LogP contribution in [0.15, 0.2) is 65.5 Å². The molecule has 9 heteroatoms. The van der Waals surface area contributed by atoms with Crippen molar-refractivity contribution in [3.63, 3.8) is 0 Å². The van der Waals surface area contributed by atoms with Gasteiger partial charge in [0.1, 0.15) is 11.3 Å². The number of furan rings is 1. The molecule has 2 saturated carbocycles. The number of aliphatic carboxylic acids is 1. The molecule has 0 bridgehead atoms. The van der Waals surface area contributed by atoms with Gasteiger partial charge in [0.2, 0.25) is 5.91 Å². The molecule has 3 N–H and O–H groups in total. The van der Waals surface area contributed by atoms with E-state index in [0.717, 1.165) is 53.1 Å². The van der Waals surface area contributed by atoms with Crippen LogP contribution in [0.1, 0.15) is 85.8 Å². The molecule has 0 spiro atoms. The quantitative estimate of drug-likeness (QED) is 0.160. The zero-order valence-corrected chi connectivity index (χ0v) is 25.7. The number of aromatic nitrogens is 1. The minimum atomic E-state index is -1.06. The maximum Gasteiger partial charge on any atom is 0.328 e. The molecule has 0 unspecified atom stereocenters. The van der Waals surface area contributed by atoms with E-state index in [0.29, 0.717) is 48.1 Å². The lowest BCUT2D eigenvalue weighted by atomic mass is 9.75. The molecule has 2 aliphatic rings. The van der Waals surface area contributed by atoms with E-state index in [1.54, 1.807) is 30.7 Å². The number of nitrogens with one attached hydrogen (secondary N) is 2. The lowest BCUT2D eigenvalue weighted by Crippen LogP contribution is -2.61. The van der Waals surface area contributed by atoms with Crippen LogP contribution >= 0.6 is 0 Å². The van der Waals surface area contributed by atoms with Crippen LogP contribution < -0.4 is 15.4 Å². The van der Waals surface area contributed by atoms with E-state index in [-0.39, 0.29) is 11.8 Å². The minimum absolute atomic E-state index is 0.286. The number of nitrogens with zero attached hydrogens (tertiary/aromatic N) is 1. The van der Waals surface area contributed by atoms with Crippen LogP contribution in [0.2, 0.25) is 0 Å². The predicted molar refractivity (Wildman–Crippen MR) is 173 cm³/mol. The van der Waals surface area contributed by atoms with Crippen LogP contribution in [0.3, 0.4) is 0 Å². The van der Waals surface area contributed by atoms with Gasteiger partial charge in [0.05, 0.1) is 24.8 Å². The highest BCUT2D eigenvalue weighted by molar-refractivity contribution is 6.06. The molecule has 2 amide bonds. The van der Waals surface area contributed by atoms with Gasteiger partial charge in [-0.3, -0.25) is 9.59 Å². The first-order valence-electron chi connectivity index (χ1n) is 15.8. The van der Waals surface area contributed by atoms with Gasteiger partial charge in [-0.2, -0.15) is 0 Å². The SMILES string of the molecule is CCOc1cc(NC(=O)C2(NC(=O)c3ccc4c(c3)c(C)c(-c3ccoc3)n4C3CCCCC3)CCC2)ccc1/C=C/C(=O)O. The van der Waals surface area contributed by atoms with Crippen LogP contribution in [-0.4, -0.2) is 39.6 Å². The van der Waals surface area contributed by atoms with E-state index in [9.17, 15) is 14.4 Å². The van der Waals surface area contributed by atoms with Gasteiger partial charge in [-0.1, -0.05) is 19.3 Å². The summed E-state index contributed by atoms with van der Waals surface area (Å²) in [6.45, 7) is 4.31. The van der Waals surface area contributed by atoms with Crippen LogP contribution in [0, 0.1) is 6.92 Å². The van der Waals surface area contributed by atoms with E-state index in [1.165, 1.54) is 25.3 Å². The fourth-order valence-corrected chi connectivity index (χ4v) is 6.76. The van der Waals surface area contributed by atoms with Gasteiger partial charge in [-0.05, 0) is 94.0 Å². The predicted octanol–water partition coefficient (Wildman–Crippen LogP) is 7.50. The molecule has 0 radical (unpaired) electrons. The first-order valence-corrected chi connectivity index (χ1v) is 15.8. The van der Waals surface area contributed by atoms with Crippen LogP contribution in [-0.2, 0) is 9.59 Å². The van der Waals surface area contributed by atoms with Gasteiger partial charge < -0.3 is 29.5 Å². The monoisotopic (exact) mass is 609 g/mol. The van der Waals surface area contributed by atoms with Gasteiger partial charge >= 0.3 is 5.97 Å². The molecule has 4 aromatic rings. The summed E-state index contributed by atoms with van der Waals surface area (Å²) in [6.07, 6.45) is 13.8. The van der Waals surface area contributed by atoms with Crippen molar-refractivity contribution in [2.24, 2.45) is 0 Å². The summed E-state index contributed by atoms with van der Waals surface area (Å²) in [5.41, 5.74) is 4.96. The van der Waals surface area contributed by atoms with Crippen LogP contribution in [0.5, 0.6) is 5.75 Å². The Morgan fingerprint density at radius 3 is 2.53 bits per heavy atom. The van der Waals surface area contributed by atoms with Crippen molar-refractivity contribution in [1.82, 2.24) is 9.88 Å². The fourth-order valence-electron chi connectivity index (χ4n) is 6.76. The molecular formula is C36H39N3O6. The number of carboxylic acid groups (broad SMARTS) is 1. The number of hydrogen-bond acceptors (Lipinski definition) is 5. The van der Waals surface area contributed by atoms with E-state index >= 15 is 0 Å². The normalized spacial score (nSPS) is 16.4. The van der Waals surface area contributed by atoms with Gasteiger partial charge in [0, 0.05) is 51.5 Å². The highest BCUT2D eigenvalue weighted by Gasteiger charge is 2.45. The summed E-state index contributed by atoms with van der Waals surface area (Å²) in [5.74, 6) is -1.18. The van der Waals surface area contributed by atoms with Gasteiger partial charge in [0.15, 0.2) is 0 Å². The lowest BCUT2D eigenvalue weighted by molar-refractivity contribution is -0.131. The highest BCUT2D eigenvalue weighted by atomic mass is 16.5. The van der Waals surface area contributed by atoms with Crippen molar-refractivity contribution in [2.75, 3.05) is 11.9 Å². The summed E-state index contributed by atoms with van der Waals surface area (Å²) >= 11 is 0. The average Bonchev–Trinajstić information content (AvgIpc) is 3.65. The number of amides is 2. The number of carbonyl (C=O) groups excluding carboxylic acids is 2. The summed E-state index contributed by atoms with van der Waals surface area (Å²) in [7, 11) is 0. The second kappa shape index (κ2) is 12.7. The Balaban J connectivity index is 1.25. The molecule has 2 aromatic carbocycles. The molecule has 2 fully saturated rings. The largest absolute Gasteiger partial charge is 0.493 e. The Kier molecular flexibility index (Phi) is 8.52. The van der Waals surface area contributed by atoms with Crippen molar-refractivity contribution in [2.45, 2.75) is 76.8 Å². The molecule has 0 atom stereocenters. The van der Waals surface area contributed by atoms with Crippen molar-refractivity contribution >= 4 is 40.4 Å². The Morgan fingerprint density at radius 2 is 1.87 bits per heavy atom. The summed E-state index contributed by atoms with van der Waals surface area (Å²) in [5, 5.41) is 16.0. The van der Waals surface area contributed by atoms with E-state index in [4.69, 9.17) is 14.3 Å². The maximum atomic E-state index is 13.7. The van der Waals surface area contributed by atoms with Gasteiger partial charge in [0.25, 0.3) is 5.91 Å². The Hall–Kier alpha value is -4.79. The fraction of sp³-hybridized carbons (Fsp3) is 0.361. The van der Waals surface area contributed by atoms with Crippen LogP contribution in [0.25, 0.3) is 28.2 Å². The topological polar surface area (TPSA) is 123 Å². The molecule has 45 heavy (non-hydrogen) atoms. The number of carbonyl (C=O) groups is 3. The first-order chi connectivity index (χ1) is 21.8. The number of aryl methyl sites for hydroxylation is 1. The first kappa shape index (κ1) is 30.2. The molecule has 6 rings (SSSR count). The molecule has 9 nitrogen and oxygen atoms in total. The molecule has 0 aliphatic heterocycles. The summed E-state index contributed by atoms with van der Waals surface area (Å²) < 4.78 is 13.6. The third-order valence-electron chi connectivity index (χ3n) is 9.22. The maximum absolute atomic E-state index is 13.7. The Labute approximate surface area is 262 Å². The second-order valence-corrected chi connectivity index (χ2v) is 12.1. The number of benzene rings is 2. The van der Waals surface area contributed by atoms with E-state index in [2.05, 4.69) is 22.1 Å². The van der Waals surface area contributed by atoms with Crippen LogP contribution in [0.4, 0.5) is 5.69 Å². The summed E-state index contributed by atoms with van der Waals surface area (Å²) in [6, 6.07) is 13.3. The molecule has 2 aromatic heterocycles. The van der Waals surface area contributed by atoms with Crippen molar-refractivity contribution < 1.29 is 28.6 Å². The minimum Gasteiger partial charge on any atom is -0.493 e. The Morgan fingerprint density at radius 1 is 1.07 bits per heavy atom. The third kappa shape index (κ3) is 5.99. The zero-order valence-electron chi connectivity index (χ0n) is 25.7. The number of anilines is 1. The number of hydrogen-bond donors (Lipinski definition) is 3. The summed E-state index contributed by atoms with van der Waals surface area (Å²) in [4.78, 5) is 38.3. The number of fused-ring (bicyclic) bond motifs is 1. The Bertz CT molecular complexity index is 1760. The zero-order chi connectivity index (χ0) is 31.6.